The zero-order valence-electron chi connectivity index (χ0n) is 5.66. The summed E-state index contributed by atoms with van der Waals surface area (Å²) in [4.78, 5) is 10.7. The standard InChI is InChI=1S/C5H6N3O2/c1-8-3-6-7-4(8)5(9)10-2/h1-2H3. The van der Waals surface area contributed by atoms with Gasteiger partial charge < -0.3 is 9.30 Å². The molecule has 53 valence electrons. The Morgan fingerprint density at radius 2 is 2.50 bits per heavy atom. The van der Waals surface area contributed by atoms with Crippen LogP contribution >= 0.6 is 0 Å². The highest BCUT2D eigenvalue weighted by Crippen LogP contribution is 1.91. The fourth-order valence-electron chi connectivity index (χ4n) is 0.520. The van der Waals surface area contributed by atoms with Crippen LogP contribution in [0.3, 0.4) is 0 Å². The summed E-state index contributed by atoms with van der Waals surface area (Å²) in [5.41, 5.74) is 0. The maximum absolute atomic E-state index is 10.7. The fraction of sp³-hybridized carbons (Fsp3) is 0.400. The van der Waals surface area contributed by atoms with E-state index in [0.29, 0.717) is 0 Å². The van der Waals surface area contributed by atoms with Crippen molar-refractivity contribution >= 4 is 5.97 Å². The quantitative estimate of drug-likeness (QED) is 0.489. The summed E-state index contributed by atoms with van der Waals surface area (Å²) in [6, 6.07) is 0. The number of hydrogen-bond acceptors (Lipinski definition) is 4. The summed E-state index contributed by atoms with van der Waals surface area (Å²) < 4.78 is 5.76. The number of ether oxygens (including phenoxy) is 1. The Morgan fingerprint density at radius 3 is 2.90 bits per heavy atom. The van der Waals surface area contributed by atoms with Gasteiger partial charge >= 0.3 is 5.97 Å². The number of carbonyl (C=O) groups excluding carboxylic acids is 1. The predicted molar refractivity (Wildman–Crippen MR) is 31.2 cm³/mol. The van der Waals surface area contributed by atoms with Crippen LogP contribution in [0.1, 0.15) is 10.6 Å². The molecule has 0 spiro atoms. The third-order valence-electron chi connectivity index (χ3n) is 1.03. The van der Waals surface area contributed by atoms with Gasteiger partial charge in [-0.05, 0) is 0 Å². The molecule has 0 atom stereocenters. The molecule has 0 saturated carbocycles. The fourth-order valence-corrected chi connectivity index (χ4v) is 0.520. The Morgan fingerprint density at radius 1 is 1.80 bits per heavy atom. The second kappa shape index (κ2) is 2.47. The van der Waals surface area contributed by atoms with Crippen molar-refractivity contribution in [3.8, 4) is 0 Å². The summed E-state index contributed by atoms with van der Waals surface area (Å²) in [7, 11) is 2.91. The van der Waals surface area contributed by atoms with Gasteiger partial charge in [-0.15, -0.1) is 10.2 Å². The Labute approximate surface area is 57.6 Å². The van der Waals surface area contributed by atoms with Gasteiger partial charge in [0.2, 0.25) is 12.2 Å². The second-order valence-electron chi connectivity index (χ2n) is 1.67. The van der Waals surface area contributed by atoms with Crippen LogP contribution in [0.15, 0.2) is 0 Å². The van der Waals surface area contributed by atoms with Crippen molar-refractivity contribution < 1.29 is 9.53 Å². The molecular weight excluding hydrogens is 134 g/mol. The third-order valence-corrected chi connectivity index (χ3v) is 1.03. The molecule has 10 heavy (non-hydrogen) atoms. The van der Waals surface area contributed by atoms with Crippen LogP contribution in [0.5, 0.6) is 0 Å². The Hall–Kier alpha value is -1.39. The van der Waals surface area contributed by atoms with E-state index in [1.165, 1.54) is 11.7 Å². The SMILES string of the molecule is COC(=O)c1nn[c]n1C. The van der Waals surface area contributed by atoms with Crippen molar-refractivity contribution in [2.45, 2.75) is 0 Å². The molecule has 0 aliphatic rings. The highest BCUT2D eigenvalue weighted by Gasteiger charge is 2.10. The molecule has 0 amide bonds. The van der Waals surface area contributed by atoms with E-state index in [2.05, 4.69) is 21.3 Å². The second-order valence-corrected chi connectivity index (χ2v) is 1.67. The zero-order chi connectivity index (χ0) is 7.56. The van der Waals surface area contributed by atoms with Gasteiger partial charge in [-0.2, -0.15) is 0 Å². The van der Waals surface area contributed by atoms with E-state index in [9.17, 15) is 4.79 Å². The van der Waals surface area contributed by atoms with Gasteiger partial charge in [0.25, 0.3) is 0 Å². The molecule has 0 saturated heterocycles. The van der Waals surface area contributed by atoms with Crippen LogP contribution in [-0.2, 0) is 11.8 Å². The lowest BCUT2D eigenvalue weighted by molar-refractivity contribution is 0.0582. The largest absolute Gasteiger partial charge is 0.463 e. The maximum atomic E-state index is 10.7. The third kappa shape index (κ3) is 0.975. The molecule has 1 radical (unpaired) electrons. The van der Waals surface area contributed by atoms with Crippen molar-refractivity contribution in [2.24, 2.45) is 7.05 Å². The molecule has 0 fully saturated rings. The monoisotopic (exact) mass is 140 g/mol. The molecule has 0 N–H and O–H groups in total. The van der Waals surface area contributed by atoms with Gasteiger partial charge in [0, 0.05) is 7.05 Å². The van der Waals surface area contributed by atoms with Crippen molar-refractivity contribution in [1.82, 2.24) is 14.8 Å². The first-order valence-corrected chi connectivity index (χ1v) is 2.61. The minimum Gasteiger partial charge on any atom is -0.463 e. The van der Waals surface area contributed by atoms with E-state index in [1.807, 2.05) is 0 Å². The lowest BCUT2D eigenvalue weighted by atomic mass is 10.6. The summed E-state index contributed by atoms with van der Waals surface area (Å²) in [5.74, 6) is -0.348. The van der Waals surface area contributed by atoms with E-state index >= 15 is 0 Å². The molecular formula is C5H6N3O2. The normalized spacial score (nSPS) is 9.40. The summed E-state index contributed by atoms with van der Waals surface area (Å²) in [6.45, 7) is 0. The van der Waals surface area contributed by atoms with E-state index in [1.54, 1.807) is 7.05 Å². The van der Waals surface area contributed by atoms with E-state index in [-0.39, 0.29) is 5.82 Å². The number of aryl methyl sites for hydroxylation is 1. The minimum absolute atomic E-state index is 0.155. The first-order valence-electron chi connectivity index (χ1n) is 2.61. The predicted octanol–water partition coefficient (Wildman–Crippen LogP) is -0.598. The first-order chi connectivity index (χ1) is 4.75. The smallest absolute Gasteiger partial charge is 0.376 e. The lowest BCUT2D eigenvalue weighted by Gasteiger charge is -1.94. The molecule has 0 aromatic carbocycles. The van der Waals surface area contributed by atoms with Crippen LogP contribution in [0.4, 0.5) is 0 Å². The van der Waals surface area contributed by atoms with Gasteiger partial charge in [-0.3, -0.25) is 0 Å². The molecule has 1 heterocycles. The molecule has 0 aliphatic carbocycles. The van der Waals surface area contributed by atoms with Gasteiger partial charge in [-0.1, -0.05) is 0 Å². The molecule has 1 aromatic heterocycles. The number of hydrogen-bond donors (Lipinski definition) is 0. The maximum Gasteiger partial charge on any atom is 0.376 e. The van der Waals surface area contributed by atoms with Crippen LogP contribution in [0.2, 0.25) is 0 Å². The average Bonchev–Trinajstić information content (AvgIpc) is 2.34. The Balaban J connectivity index is 2.93. The van der Waals surface area contributed by atoms with Gasteiger partial charge in [0.1, 0.15) is 0 Å². The molecule has 0 unspecified atom stereocenters. The van der Waals surface area contributed by atoms with Gasteiger partial charge in [0.15, 0.2) is 0 Å². The molecule has 1 aromatic rings. The first kappa shape index (κ1) is 6.73. The average molecular weight is 140 g/mol. The number of methoxy groups -OCH3 is 1. The van der Waals surface area contributed by atoms with E-state index in [4.69, 9.17) is 0 Å². The highest BCUT2D eigenvalue weighted by atomic mass is 16.5. The molecule has 0 bridgehead atoms. The number of aromatic nitrogens is 3. The minimum atomic E-state index is -0.503. The zero-order valence-corrected chi connectivity index (χ0v) is 5.66. The van der Waals surface area contributed by atoms with Crippen molar-refractivity contribution in [3.63, 3.8) is 0 Å². The van der Waals surface area contributed by atoms with Crippen molar-refractivity contribution in [2.75, 3.05) is 7.11 Å². The number of esters is 1. The van der Waals surface area contributed by atoms with Crippen molar-refractivity contribution in [1.29, 1.82) is 0 Å². The lowest BCUT2D eigenvalue weighted by Crippen LogP contribution is -2.08. The van der Waals surface area contributed by atoms with E-state index < -0.39 is 5.97 Å². The summed E-state index contributed by atoms with van der Waals surface area (Å²) >= 11 is 0. The Bertz CT molecular complexity index is 243. The van der Waals surface area contributed by atoms with Crippen LogP contribution in [0.25, 0.3) is 0 Å². The van der Waals surface area contributed by atoms with Crippen molar-refractivity contribution in [3.05, 3.63) is 12.2 Å². The molecule has 0 aliphatic heterocycles. The number of carbonyl (C=O) groups is 1. The van der Waals surface area contributed by atoms with Crippen LogP contribution in [-0.4, -0.2) is 27.8 Å². The van der Waals surface area contributed by atoms with Crippen LogP contribution < -0.4 is 0 Å². The number of nitrogens with zero attached hydrogens (tertiary/aromatic N) is 3. The van der Waals surface area contributed by atoms with E-state index in [0.717, 1.165) is 0 Å². The van der Waals surface area contributed by atoms with Crippen LogP contribution in [0, 0.1) is 6.33 Å². The molecule has 1 rings (SSSR count). The highest BCUT2D eigenvalue weighted by molar-refractivity contribution is 5.84. The number of rotatable bonds is 1. The van der Waals surface area contributed by atoms with Gasteiger partial charge in [0.05, 0.1) is 7.11 Å². The summed E-state index contributed by atoms with van der Waals surface area (Å²) in [5, 5.41) is 6.85. The van der Waals surface area contributed by atoms with Gasteiger partial charge in [-0.25, -0.2) is 4.79 Å². The molecule has 5 heteroatoms. The molecule has 5 nitrogen and oxygen atoms in total. The summed E-state index contributed by atoms with van der Waals surface area (Å²) in [6.07, 6.45) is 2.44. The topological polar surface area (TPSA) is 57.0 Å². The Kier molecular flexibility index (Phi) is 1.66.